The van der Waals surface area contributed by atoms with Crippen LogP contribution in [0.25, 0.3) is 0 Å². The Balaban J connectivity index is 2.86. The van der Waals surface area contributed by atoms with Gasteiger partial charge < -0.3 is 44.1 Å². The van der Waals surface area contributed by atoms with Crippen molar-refractivity contribution in [2.45, 2.75) is 166 Å². The van der Waals surface area contributed by atoms with Gasteiger partial charge in [-0.1, -0.05) is 90.9 Å². The topological polar surface area (TPSA) is 178 Å². The van der Waals surface area contributed by atoms with Crippen molar-refractivity contribution in [3.05, 3.63) is 0 Å². The molecule has 0 spiro atoms. The fraction of sp³-hybridized carbons (Fsp3) is 0.906. The summed E-state index contributed by atoms with van der Waals surface area (Å²) in [5.41, 5.74) is 0. The van der Waals surface area contributed by atoms with Gasteiger partial charge in [-0.15, -0.1) is 0 Å². The Bertz CT molecular complexity index is 778. The summed E-state index contributed by atoms with van der Waals surface area (Å²) in [5, 5.41) is 40.1. The standard InChI is InChI=1S/C32H58O12/c1-4-6-8-9-10-11-12-13-14-15-17-19-27(37)43-30-29(39)26(22-40-23(3)34)42-32(41-21-25(36)24(35)20-33)31(30)44-28(38)18-16-7-5-2/h24-26,29-33,35-36,39H,4-22H2,1-3H3/t24-,25+,26-,29-,30+,31+,32-/m1/s1. The summed E-state index contributed by atoms with van der Waals surface area (Å²) < 4.78 is 27.7. The Hall–Kier alpha value is -1.83. The van der Waals surface area contributed by atoms with Gasteiger partial charge in [0.25, 0.3) is 0 Å². The van der Waals surface area contributed by atoms with E-state index in [1.165, 1.54) is 51.9 Å². The van der Waals surface area contributed by atoms with Crippen LogP contribution in [0.1, 0.15) is 124 Å². The number of hydrogen-bond donors (Lipinski definition) is 4. The minimum atomic E-state index is -1.53. The first kappa shape index (κ1) is 40.2. The molecule has 0 aromatic carbocycles. The molecule has 1 fully saturated rings. The van der Waals surface area contributed by atoms with Crippen LogP contribution < -0.4 is 0 Å². The van der Waals surface area contributed by atoms with Crippen LogP contribution in [-0.4, -0.2) is 101 Å². The van der Waals surface area contributed by atoms with Crippen LogP contribution in [0.15, 0.2) is 0 Å². The summed E-state index contributed by atoms with van der Waals surface area (Å²) in [6, 6.07) is 0. The van der Waals surface area contributed by atoms with E-state index < -0.39 is 80.6 Å². The van der Waals surface area contributed by atoms with Crippen LogP contribution >= 0.6 is 0 Å². The van der Waals surface area contributed by atoms with Gasteiger partial charge in [0.1, 0.15) is 31.0 Å². The van der Waals surface area contributed by atoms with E-state index in [0.717, 1.165) is 32.1 Å². The SMILES string of the molecule is CCCCCCCCCCCCCC(=O)O[C@H]1[C@H](O)[C@@H](COC(C)=O)O[C@@H](OC[C@H](O)[C@H](O)CO)[C@H]1OC(=O)CCCCC. The molecule has 44 heavy (non-hydrogen) atoms. The smallest absolute Gasteiger partial charge is 0.306 e. The number of unbranched alkanes of at least 4 members (excludes halogenated alkanes) is 12. The Morgan fingerprint density at radius 3 is 1.73 bits per heavy atom. The highest BCUT2D eigenvalue weighted by molar-refractivity contribution is 5.71. The summed E-state index contributed by atoms with van der Waals surface area (Å²) in [4.78, 5) is 37.0. The molecule has 12 nitrogen and oxygen atoms in total. The molecule has 0 aromatic rings. The Labute approximate surface area is 262 Å². The fourth-order valence-electron chi connectivity index (χ4n) is 4.92. The molecule has 258 valence electrons. The molecule has 7 atom stereocenters. The van der Waals surface area contributed by atoms with Crippen molar-refractivity contribution in [2.24, 2.45) is 0 Å². The molecule has 1 aliphatic heterocycles. The quantitative estimate of drug-likeness (QED) is 0.0654. The van der Waals surface area contributed by atoms with E-state index in [1.54, 1.807) is 0 Å². The number of aliphatic hydroxyl groups excluding tert-OH is 4. The van der Waals surface area contributed by atoms with Gasteiger partial charge in [-0.05, 0) is 12.8 Å². The van der Waals surface area contributed by atoms with Crippen molar-refractivity contribution in [2.75, 3.05) is 19.8 Å². The maximum Gasteiger partial charge on any atom is 0.306 e. The van der Waals surface area contributed by atoms with Gasteiger partial charge in [0.15, 0.2) is 18.5 Å². The summed E-state index contributed by atoms with van der Waals surface area (Å²) in [6.45, 7) is 3.72. The third-order valence-electron chi connectivity index (χ3n) is 7.64. The van der Waals surface area contributed by atoms with E-state index in [1.807, 2.05) is 6.92 Å². The minimum Gasteiger partial charge on any atom is -0.463 e. The average molecular weight is 635 g/mol. The van der Waals surface area contributed by atoms with Crippen LogP contribution in [0.3, 0.4) is 0 Å². The van der Waals surface area contributed by atoms with Gasteiger partial charge in [-0.2, -0.15) is 0 Å². The van der Waals surface area contributed by atoms with Gasteiger partial charge in [0, 0.05) is 19.8 Å². The minimum absolute atomic E-state index is 0.0787. The van der Waals surface area contributed by atoms with E-state index in [-0.39, 0.29) is 12.8 Å². The van der Waals surface area contributed by atoms with E-state index in [0.29, 0.717) is 12.8 Å². The average Bonchev–Trinajstić information content (AvgIpc) is 3.00. The highest BCUT2D eigenvalue weighted by Gasteiger charge is 2.51. The molecule has 1 saturated heterocycles. The Kier molecular flexibility index (Phi) is 22.3. The zero-order valence-corrected chi connectivity index (χ0v) is 27.0. The highest BCUT2D eigenvalue weighted by Crippen LogP contribution is 2.29. The monoisotopic (exact) mass is 634 g/mol. The summed E-state index contributed by atoms with van der Waals surface area (Å²) in [5.74, 6) is -1.84. The molecule has 0 amide bonds. The third-order valence-corrected chi connectivity index (χ3v) is 7.64. The second kappa shape index (κ2) is 24.4. The molecule has 1 aliphatic rings. The zero-order valence-electron chi connectivity index (χ0n) is 27.0. The largest absolute Gasteiger partial charge is 0.463 e. The molecular weight excluding hydrogens is 576 g/mol. The van der Waals surface area contributed by atoms with Crippen LogP contribution in [0.2, 0.25) is 0 Å². The molecule has 0 aliphatic carbocycles. The number of esters is 3. The van der Waals surface area contributed by atoms with Crippen molar-refractivity contribution < 1.29 is 58.5 Å². The first-order valence-electron chi connectivity index (χ1n) is 16.6. The highest BCUT2D eigenvalue weighted by atomic mass is 16.7. The van der Waals surface area contributed by atoms with E-state index in [4.69, 9.17) is 28.8 Å². The van der Waals surface area contributed by atoms with Crippen molar-refractivity contribution in [1.29, 1.82) is 0 Å². The lowest BCUT2D eigenvalue weighted by atomic mass is 9.98. The van der Waals surface area contributed by atoms with Gasteiger partial charge >= 0.3 is 17.9 Å². The van der Waals surface area contributed by atoms with Crippen molar-refractivity contribution >= 4 is 17.9 Å². The molecule has 0 saturated carbocycles. The predicted octanol–water partition coefficient (Wildman–Crippen LogP) is 3.47. The molecule has 1 rings (SSSR count). The van der Waals surface area contributed by atoms with Crippen LogP contribution in [0.4, 0.5) is 0 Å². The zero-order chi connectivity index (χ0) is 32.7. The van der Waals surface area contributed by atoms with Crippen molar-refractivity contribution in [1.82, 2.24) is 0 Å². The number of rotatable bonds is 25. The molecule has 1 heterocycles. The number of hydrogen-bond acceptors (Lipinski definition) is 12. The number of aliphatic hydroxyl groups is 4. The second-order valence-corrected chi connectivity index (χ2v) is 11.6. The van der Waals surface area contributed by atoms with Gasteiger partial charge in [0.2, 0.25) is 0 Å². The lowest BCUT2D eigenvalue weighted by Crippen LogP contribution is -2.62. The fourth-order valence-corrected chi connectivity index (χ4v) is 4.92. The third kappa shape index (κ3) is 17.0. The molecule has 0 aromatic heterocycles. The summed E-state index contributed by atoms with van der Waals surface area (Å²) >= 11 is 0. The maximum absolute atomic E-state index is 12.9. The van der Waals surface area contributed by atoms with Gasteiger partial charge in [-0.25, -0.2) is 0 Å². The van der Waals surface area contributed by atoms with Crippen LogP contribution in [-0.2, 0) is 38.1 Å². The molecule has 0 bridgehead atoms. The summed E-state index contributed by atoms with van der Waals surface area (Å²) in [6.07, 6.45) is 4.71. The van der Waals surface area contributed by atoms with Crippen molar-refractivity contribution in [3.63, 3.8) is 0 Å². The lowest BCUT2D eigenvalue weighted by molar-refractivity contribution is -0.311. The molecule has 0 unspecified atom stereocenters. The van der Waals surface area contributed by atoms with E-state index >= 15 is 0 Å². The van der Waals surface area contributed by atoms with Gasteiger partial charge in [0.05, 0.1) is 13.2 Å². The van der Waals surface area contributed by atoms with Crippen LogP contribution in [0, 0.1) is 0 Å². The first-order valence-corrected chi connectivity index (χ1v) is 16.6. The molecule has 0 radical (unpaired) electrons. The Morgan fingerprint density at radius 1 is 0.727 bits per heavy atom. The van der Waals surface area contributed by atoms with Crippen LogP contribution in [0.5, 0.6) is 0 Å². The van der Waals surface area contributed by atoms with Gasteiger partial charge in [-0.3, -0.25) is 14.4 Å². The molecule has 12 heteroatoms. The normalized spacial score (nSPS) is 23.1. The molecular formula is C32H58O12. The Morgan fingerprint density at radius 2 is 1.20 bits per heavy atom. The van der Waals surface area contributed by atoms with Crippen molar-refractivity contribution in [3.8, 4) is 0 Å². The summed E-state index contributed by atoms with van der Waals surface area (Å²) in [7, 11) is 0. The number of carbonyl (C=O) groups is 3. The predicted molar refractivity (Wildman–Crippen MR) is 161 cm³/mol. The molecule has 4 N–H and O–H groups in total. The second-order valence-electron chi connectivity index (χ2n) is 11.6. The van der Waals surface area contributed by atoms with E-state index in [2.05, 4.69) is 6.92 Å². The number of carbonyl (C=O) groups excluding carboxylic acids is 3. The maximum atomic E-state index is 12.9. The van der Waals surface area contributed by atoms with E-state index in [9.17, 15) is 29.7 Å². The number of ether oxygens (including phenoxy) is 5. The first-order chi connectivity index (χ1) is 21.1. The lowest BCUT2D eigenvalue weighted by Gasteiger charge is -2.43.